The fraction of sp³-hybridized carbons (Fsp3) is 0.111. The zero-order valence-electron chi connectivity index (χ0n) is 11.2. The third kappa shape index (κ3) is 2.39. The summed E-state index contributed by atoms with van der Waals surface area (Å²) in [5, 5.41) is 2.93. The van der Waals surface area contributed by atoms with Crippen LogP contribution in [0.3, 0.4) is 0 Å². The number of hydrogen-bond donors (Lipinski definition) is 0. The average molecular weight is 298 g/mol. The summed E-state index contributed by atoms with van der Waals surface area (Å²) in [7, 11) is 0. The van der Waals surface area contributed by atoms with Gasteiger partial charge in [0, 0.05) is 16.0 Å². The smallest absolute Gasteiger partial charge is 0.0523 e. The summed E-state index contributed by atoms with van der Waals surface area (Å²) in [6.45, 7) is 2.12. The van der Waals surface area contributed by atoms with Crippen molar-refractivity contribution in [2.75, 3.05) is 0 Å². The summed E-state index contributed by atoms with van der Waals surface area (Å²) in [5.41, 5.74) is 4.47. The van der Waals surface area contributed by atoms with Crippen molar-refractivity contribution in [1.29, 1.82) is 0 Å². The Morgan fingerprint density at radius 2 is 1.90 bits per heavy atom. The van der Waals surface area contributed by atoms with Gasteiger partial charge in [0.15, 0.2) is 0 Å². The van der Waals surface area contributed by atoms with E-state index < -0.39 is 0 Å². The van der Waals surface area contributed by atoms with Gasteiger partial charge in [-0.3, -0.25) is 0 Å². The maximum atomic E-state index is 6.65. The highest BCUT2D eigenvalue weighted by Gasteiger charge is 2.15. The minimum atomic E-state index is 0.848. The molecule has 0 nitrogen and oxygen atoms in total. The molecule has 0 aliphatic heterocycles. The Bertz CT molecular complexity index is 700. The van der Waals surface area contributed by atoms with Gasteiger partial charge in [-0.15, -0.1) is 11.3 Å². The summed E-state index contributed by atoms with van der Waals surface area (Å²) in [4.78, 5) is 1.20. The lowest BCUT2D eigenvalue weighted by atomic mass is 9.95. The summed E-state index contributed by atoms with van der Waals surface area (Å²) >= 11 is 8.37. The number of thiophene rings is 1. The van der Waals surface area contributed by atoms with Crippen LogP contribution < -0.4 is 0 Å². The zero-order chi connectivity index (χ0) is 13.9. The highest BCUT2D eigenvalue weighted by atomic mass is 35.5. The number of aryl methyl sites for hydroxylation is 1. The molecule has 0 N–H and O–H groups in total. The molecule has 20 heavy (non-hydrogen) atoms. The van der Waals surface area contributed by atoms with Crippen LogP contribution >= 0.6 is 22.9 Å². The molecule has 0 aliphatic rings. The first-order chi connectivity index (χ1) is 9.81. The maximum Gasteiger partial charge on any atom is 0.0523 e. The first-order valence-corrected chi connectivity index (χ1v) is 7.89. The number of halogens is 1. The maximum absolute atomic E-state index is 6.65. The zero-order valence-corrected chi connectivity index (χ0v) is 12.8. The normalized spacial score (nSPS) is 10.7. The van der Waals surface area contributed by atoms with Crippen molar-refractivity contribution in [1.82, 2.24) is 0 Å². The van der Waals surface area contributed by atoms with Crippen LogP contribution in [0.25, 0.3) is 21.6 Å². The van der Waals surface area contributed by atoms with Crippen molar-refractivity contribution in [2.24, 2.45) is 0 Å². The second kappa shape index (κ2) is 5.82. The van der Waals surface area contributed by atoms with E-state index >= 15 is 0 Å². The molecule has 1 heterocycles. The van der Waals surface area contributed by atoms with Crippen molar-refractivity contribution in [3.63, 3.8) is 0 Å². The molecular formula is C18H14ClS. The summed E-state index contributed by atoms with van der Waals surface area (Å²) in [6, 6.07) is 19.9. The third-order valence-electron chi connectivity index (χ3n) is 3.35. The average Bonchev–Trinajstić information content (AvgIpc) is 3.02. The molecule has 0 fully saturated rings. The van der Waals surface area contributed by atoms with Gasteiger partial charge in [-0.25, -0.2) is 0 Å². The minimum absolute atomic E-state index is 0.848. The van der Waals surface area contributed by atoms with Crippen LogP contribution in [0.5, 0.6) is 0 Å². The van der Waals surface area contributed by atoms with E-state index in [-0.39, 0.29) is 0 Å². The fourth-order valence-corrected chi connectivity index (χ4v) is 3.44. The molecule has 0 bridgehead atoms. The van der Waals surface area contributed by atoms with E-state index in [2.05, 4.69) is 42.6 Å². The van der Waals surface area contributed by atoms with Crippen molar-refractivity contribution in [3.05, 3.63) is 70.6 Å². The van der Waals surface area contributed by atoms with Crippen LogP contribution in [0.15, 0.2) is 53.9 Å². The largest absolute Gasteiger partial charge is 0.144 e. The van der Waals surface area contributed by atoms with Crippen LogP contribution in [0.4, 0.5) is 0 Å². The Labute approximate surface area is 128 Å². The second-order valence-electron chi connectivity index (χ2n) is 4.57. The van der Waals surface area contributed by atoms with Crippen LogP contribution in [0.1, 0.15) is 12.5 Å². The SMILES string of the molecule is CCc1c[c]c(-c2cccs2)c(-c2ccccc2)c1Cl. The minimum Gasteiger partial charge on any atom is -0.144 e. The molecule has 2 aromatic carbocycles. The van der Waals surface area contributed by atoms with E-state index in [4.69, 9.17) is 11.6 Å². The molecule has 2 heteroatoms. The van der Waals surface area contributed by atoms with Gasteiger partial charge >= 0.3 is 0 Å². The van der Waals surface area contributed by atoms with Gasteiger partial charge in [0.2, 0.25) is 0 Å². The van der Waals surface area contributed by atoms with E-state index in [1.54, 1.807) is 11.3 Å². The Balaban J connectivity index is 2.29. The van der Waals surface area contributed by atoms with Crippen LogP contribution in [0.2, 0.25) is 5.02 Å². The van der Waals surface area contributed by atoms with Gasteiger partial charge in [0.25, 0.3) is 0 Å². The van der Waals surface area contributed by atoms with Gasteiger partial charge < -0.3 is 0 Å². The molecule has 0 amide bonds. The molecule has 0 saturated carbocycles. The fourth-order valence-electron chi connectivity index (χ4n) is 2.31. The van der Waals surface area contributed by atoms with Gasteiger partial charge in [0.05, 0.1) is 5.02 Å². The predicted molar refractivity (Wildman–Crippen MR) is 88.4 cm³/mol. The quantitative estimate of drug-likeness (QED) is 0.548. The van der Waals surface area contributed by atoms with E-state index in [0.29, 0.717) is 0 Å². The van der Waals surface area contributed by atoms with Gasteiger partial charge in [-0.1, -0.05) is 54.9 Å². The predicted octanol–water partition coefficient (Wildman–Crippen LogP) is 6.10. The second-order valence-corrected chi connectivity index (χ2v) is 5.90. The van der Waals surface area contributed by atoms with Gasteiger partial charge in [-0.05, 0) is 41.1 Å². The highest BCUT2D eigenvalue weighted by Crippen LogP contribution is 2.40. The van der Waals surface area contributed by atoms with Crippen molar-refractivity contribution < 1.29 is 0 Å². The number of benzene rings is 2. The molecule has 0 unspecified atom stereocenters. The summed E-state index contributed by atoms with van der Waals surface area (Å²) < 4.78 is 0. The summed E-state index contributed by atoms with van der Waals surface area (Å²) in [5.74, 6) is 0. The van der Waals surface area contributed by atoms with Crippen molar-refractivity contribution >= 4 is 22.9 Å². The molecular weight excluding hydrogens is 284 g/mol. The Morgan fingerprint density at radius 3 is 2.55 bits per heavy atom. The van der Waals surface area contributed by atoms with Crippen molar-refractivity contribution in [3.8, 4) is 21.6 Å². The van der Waals surface area contributed by atoms with E-state index in [1.807, 2.05) is 24.3 Å². The molecule has 1 radical (unpaired) electrons. The standard InChI is InChI=1S/C18H14ClS/c1-2-13-10-11-15(16-9-6-12-20-16)17(18(13)19)14-7-4-3-5-8-14/h3-10,12H,2H2,1H3. The molecule has 99 valence electrons. The van der Waals surface area contributed by atoms with Crippen LogP contribution in [0, 0.1) is 6.07 Å². The molecule has 0 saturated heterocycles. The van der Waals surface area contributed by atoms with E-state index in [0.717, 1.165) is 33.7 Å². The molecule has 0 aliphatic carbocycles. The van der Waals surface area contributed by atoms with Crippen LogP contribution in [-0.4, -0.2) is 0 Å². The van der Waals surface area contributed by atoms with E-state index in [9.17, 15) is 0 Å². The Hall–Kier alpha value is -1.57. The first-order valence-electron chi connectivity index (χ1n) is 6.63. The lowest BCUT2D eigenvalue weighted by Crippen LogP contribution is -1.91. The molecule has 3 aromatic rings. The lowest BCUT2D eigenvalue weighted by molar-refractivity contribution is 1.14. The first kappa shape index (κ1) is 13.4. The Morgan fingerprint density at radius 1 is 1.10 bits per heavy atom. The van der Waals surface area contributed by atoms with E-state index in [1.165, 1.54) is 4.88 Å². The monoisotopic (exact) mass is 297 g/mol. The number of hydrogen-bond acceptors (Lipinski definition) is 1. The van der Waals surface area contributed by atoms with Crippen molar-refractivity contribution in [2.45, 2.75) is 13.3 Å². The molecule has 3 rings (SSSR count). The third-order valence-corrected chi connectivity index (χ3v) is 4.67. The Kier molecular flexibility index (Phi) is 3.90. The molecule has 0 atom stereocenters. The molecule has 1 aromatic heterocycles. The summed E-state index contributed by atoms with van der Waals surface area (Å²) in [6.07, 6.45) is 0.917. The van der Waals surface area contributed by atoms with Gasteiger partial charge in [0.1, 0.15) is 0 Å². The highest BCUT2D eigenvalue weighted by molar-refractivity contribution is 7.13. The van der Waals surface area contributed by atoms with Gasteiger partial charge in [-0.2, -0.15) is 0 Å². The van der Waals surface area contributed by atoms with Crippen LogP contribution in [-0.2, 0) is 6.42 Å². The molecule has 0 spiro atoms. The number of rotatable bonds is 3. The lowest BCUT2D eigenvalue weighted by Gasteiger charge is -2.13. The topological polar surface area (TPSA) is 0 Å².